The second kappa shape index (κ2) is 14.1. The Kier molecular flexibility index (Phi) is 10.3. The number of anilines is 2. The fourth-order valence-electron chi connectivity index (χ4n) is 3.55. The number of hydrogen-bond donors (Lipinski definition) is 2. The van der Waals surface area contributed by atoms with Crippen molar-refractivity contribution in [2.45, 2.75) is 4.90 Å². The molecule has 4 aromatic rings. The summed E-state index contributed by atoms with van der Waals surface area (Å²) in [5.41, 5.74) is 3.94. The molecule has 9 nitrogen and oxygen atoms in total. The minimum absolute atomic E-state index is 0.0686. The van der Waals surface area contributed by atoms with Gasteiger partial charge in [0.1, 0.15) is 12.3 Å². The van der Waals surface area contributed by atoms with E-state index in [4.69, 9.17) is 16.3 Å². The summed E-state index contributed by atoms with van der Waals surface area (Å²) in [6, 6.07) is 28.2. The van der Waals surface area contributed by atoms with E-state index in [1.54, 1.807) is 91.0 Å². The van der Waals surface area contributed by atoms with Gasteiger partial charge < -0.3 is 10.1 Å². The lowest BCUT2D eigenvalue weighted by molar-refractivity contribution is -0.119. The summed E-state index contributed by atoms with van der Waals surface area (Å²) in [6.45, 7) is -0.669. The minimum Gasteiger partial charge on any atom is -0.484 e. The Labute approximate surface area is 256 Å². The molecule has 2 N–H and O–H groups in total. The maximum absolute atomic E-state index is 13.3. The summed E-state index contributed by atoms with van der Waals surface area (Å²) < 4.78 is 34.2. The van der Waals surface area contributed by atoms with Gasteiger partial charge in [-0.15, -0.1) is 0 Å². The molecule has 0 fully saturated rings. The number of amides is 2. The van der Waals surface area contributed by atoms with Gasteiger partial charge in [-0.1, -0.05) is 35.9 Å². The van der Waals surface area contributed by atoms with Gasteiger partial charge in [0.05, 0.1) is 16.8 Å². The Morgan fingerprint density at radius 3 is 2.29 bits per heavy atom. The molecule has 2 amide bonds. The molecule has 0 aliphatic rings. The van der Waals surface area contributed by atoms with Crippen molar-refractivity contribution in [2.24, 2.45) is 5.10 Å². The number of rotatable bonds is 11. The lowest BCUT2D eigenvalue weighted by Crippen LogP contribution is -2.39. The predicted octanol–water partition coefficient (Wildman–Crippen LogP) is 5.31. The quantitative estimate of drug-likeness (QED) is 0.125. The lowest BCUT2D eigenvalue weighted by atomic mass is 10.2. The number of benzene rings is 4. The number of nitrogens with zero attached hydrogens (tertiary/aromatic N) is 2. The number of hydrogen-bond acceptors (Lipinski definition) is 6. The smallest absolute Gasteiger partial charge is 0.264 e. The van der Waals surface area contributed by atoms with Crippen molar-refractivity contribution in [1.82, 2.24) is 5.43 Å². The molecule has 0 aromatic heterocycles. The lowest BCUT2D eigenvalue weighted by Gasteiger charge is -2.23. The Bertz CT molecular complexity index is 1630. The molecular weight excluding hydrogens is 679 g/mol. The van der Waals surface area contributed by atoms with Crippen LogP contribution >= 0.6 is 34.2 Å². The topological polar surface area (TPSA) is 117 Å². The highest BCUT2D eigenvalue weighted by molar-refractivity contribution is 14.1. The molecule has 12 heteroatoms. The summed E-state index contributed by atoms with van der Waals surface area (Å²) in [5.74, 6) is -0.495. The van der Waals surface area contributed by atoms with Gasteiger partial charge in [0.15, 0.2) is 6.61 Å². The first-order chi connectivity index (χ1) is 19.7. The van der Waals surface area contributed by atoms with E-state index < -0.39 is 22.5 Å². The van der Waals surface area contributed by atoms with Crippen molar-refractivity contribution in [1.29, 1.82) is 0 Å². The van der Waals surface area contributed by atoms with Gasteiger partial charge in [-0.05, 0) is 107 Å². The van der Waals surface area contributed by atoms with E-state index in [0.29, 0.717) is 27.7 Å². The Balaban J connectivity index is 1.33. The van der Waals surface area contributed by atoms with Gasteiger partial charge in [0, 0.05) is 14.3 Å². The third-order valence-electron chi connectivity index (χ3n) is 5.49. The van der Waals surface area contributed by atoms with Crippen LogP contribution in [0.2, 0.25) is 5.02 Å². The van der Waals surface area contributed by atoms with Gasteiger partial charge in [-0.25, -0.2) is 13.8 Å². The van der Waals surface area contributed by atoms with Crippen molar-refractivity contribution < 1.29 is 22.7 Å². The summed E-state index contributed by atoms with van der Waals surface area (Å²) in [5, 5.41) is 7.16. The Morgan fingerprint density at radius 2 is 1.61 bits per heavy atom. The van der Waals surface area contributed by atoms with Gasteiger partial charge in [0.25, 0.3) is 21.8 Å². The molecule has 0 spiro atoms. The van der Waals surface area contributed by atoms with Crippen LogP contribution < -0.4 is 19.8 Å². The largest absolute Gasteiger partial charge is 0.484 e. The van der Waals surface area contributed by atoms with Crippen molar-refractivity contribution in [3.63, 3.8) is 0 Å². The summed E-state index contributed by atoms with van der Waals surface area (Å²) in [6.07, 6.45) is 1.41. The van der Waals surface area contributed by atoms with Crippen LogP contribution in [0.15, 0.2) is 113 Å². The Hall–Kier alpha value is -3.94. The van der Waals surface area contributed by atoms with Gasteiger partial charge in [0.2, 0.25) is 0 Å². The van der Waals surface area contributed by atoms with Crippen LogP contribution in [0.25, 0.3) is 0 Å². The third kappa shape index (κ3) is 8.77. The average Bonchev–Trinajstić information content (AvgIpc) is 2.96. The molecule has 4 aromatic carbocycles. The molecule has 0 bridgehead atoms. The number of ether oxygens (including phenoxy) is 1. The van der Waals surface area contributed by atoms with Crippen LogP contribution in [0, 0.1) is 3.57 Å². The zero-order valence-corrected chi connectivity index (χ0v) is 25.1. The van der Waals surface area contributed by atoms with E-state index in [9.17, 15) is 18.0 Å². The maximum Gasteiger partial charge on any atom is 0.264 e. The van der Waals surface area contributed by atoms with E-state index in [-0.39, 0.29) is 17.4 Å². The van der Waals surface area contributed by atoms with Crippen molar-refractivity contribution in [3.05, 3.63) is 117 Å². The number of carbonyl (C=O) groups excluding carboxylic acids is 2. The van der Waals surface area contributed by atoms with Crippen molar-refractivity contribution >= 4 is 73.6 Å². The first kappa shape index (κ1) is 30.0. The van der Waals surface area contributed by atoms with Crippen LogP contribution in [-0.4, -0.2) is 39.6 Å². The molecule has 0 atom stereocenters. The van der Waals surface area contributed by atoms with Crippen LogP contribution in [-0.2, 0) is 19.6 Å². The molecule has 210 valence electrons. The molecule has 4 rings (SSSR count). The second-order valence-corrected chi connectivity index (χ2v) is 12.1. The van der Waals surface area contributed by atoms with Crippen LogP contribution in [0.5, 0.6) is 5.75 Å². The highest BCUT2D eigenvalue weighted by Crippen LogP contribution is 2.24. The number of hydrazone groups is 1. The number of carbonyl (C=O) groups is 2. The van der Waals surface area contributed by atoms with Crippen molar-refractivity contribution in [2.75, 3.05) is 22.8 Å². The first-order valence-corrected chi connectivity index (χ1v) is 15.0. The average molecular weight is 703 g/mol. The molecule has 0 aliphatic heterocycles. The van der Waals surface area contributed by atoms with Crippen LogP contribution in [0.3, 0.4) is 0 Å². The summed E-state index contributed by atoms with van der Waals surface area (Å²) >= 11 is 8.04. The SMILES string of the molecule is O=C(CN(c1ccc(I)cc1)S(=O)(=O)c1ccccc1)N/N=C\c1ccc(OCC(=O)Nc2cccc(Cl)c2)cc1. The zero-order valence-electron chi connectivity index (χ0n) is 21.4. The van der Waals surface area contributed by atoms with E-state index in [2.05, 4.69) is 38.4 Å². The molecule has 0 saturated carbocycles. The number of nitrogens with one attached hydrogen (secondary N) is 2. The molecule has 0 unspecified atom stereocenters. The summed E-state index contributed by atoms with van der Waals surface area (Å²) in [7, 11) is -4.01. The van der Waals surface area contributed by atoms with E-state index >= 15 is 0 Å². The normalized spacial score (nSPS) is 11.2. The highest BCUT2D eigenvalue weighted by Gasteiger charge is 2.27. The molecular formula is C29H24ClIN4O5S. The van der Waals surface area contributed by atoms with Gasteiger partial charge in [-0.2, -0.15) is 5.10 Å². The number of halogens is 2. The second-order valence-electron chi connectivity index (χ2n) is 8.51. The standard InChI is InChI=1S/C29H24ClIN4O5S/c30-22-5-4-6-24(17-22)33-29(37)20-40-26-15-9-21(10-16-26)18-32-34-28(36)19-35(25-13-11-23(31)12-14-25)41(38,39)27-7-2-1-3-8-27/h1-18H,19-20H2,(H,33,37)(H,34,36)/b32-18-. The first-order valence-electron chi connectivity index (χ1n) is 12.1. The predicted molar refractivity (Wildman–Crippen MR) is 168 cm³/mol. The van der Waals surface area contributed by atoms with Crippen LogP contribution in [0.1, 0.15) is 5.56 Å². The van der Waals surface area contributed by atoms with Crippen LogP contribution in [0.4, 0.5) is 11.4 Å². The van der Waals surface area contributed by atoms with Gasteiger partial charge >= 0.3 is 0 Å². The molecule has 0 radical (unpaired) electrons. The van der Waals surface area contributed by atoms with E-state index in [0.717, 1.165) is 7.88 Å². The monoisotopic (exact) mass is 702 g/mol. The molecule has 0 saturated heterocycles. The Morgan fingerprint density at radius 1 is 0.902 bits per heavy atom. The van der Waals surface area contributed by atoms with Gasteiger partial charge in [-0.3, -0.25) is 13.9 Å². The van der Waals surface area contributed by atoms with E-state index in [1.165, 1.54) is 18.3 Å². The molecule has 41 heavy (non-hydrogen) atoms. The molecule has 0 heterocycles. The maximum atomic E-state index is 13.3. The minimum atomic E-state index is -4.01. The van der Waals surface area contributed by atoms with Crippen molar-refractivity contribution in [3.8, 4) is 5.75 Å². The highest BCUT2D eigenvalue weighted by atomic mass is 127. The summed E-state index contributed by atoms with van der Waals surface area (Å²) in [4.78, 5) is 24.9. The third-order valence-corrected chi connectivity index (χ3v) is 8.24. The zero-order chi connectivity index (χ0) is 29.2. The fourth-order valence-corrected chi connectivity index (χ4v) is 5.54. The number of sulfonamides is 1. The van der Waals surface area contributed by atoms with E-state index in [1.807, 2.05) is 0 Å². The fraction of sp³-hybridized carbons (Fsp3) is 0.0690. The molecule has 0 aliphatic carbocycles.